The van der Waals surface area contributed by atoms with Crippen LogP contribution in [0.3, 0.4) is 0 Å². The largest absolute Gasteiger partial charge is 0.345 e. The van der Waals surface area contributed by atoms with Crippen LogP contribution < -0.4 is 5.32 Å². The van der Waals surface area contributed by atoms with Gasteiger partial charge in [-0.05, 0) is 35.9 Å². The van der Waals surface area contributed by atoms with Gasteiger partial charge in [0.05, 0.1) is 16.6 Å². The molecule has 0 unspecified atom stereocenters. The Morgan fingerprint density at radius 3 is 2.62 bits per heavy atom. The lowest BCUT2D eigenvalue weighted by molar-refractivity contribution is 0.0949. The predicted octanol–water partition coefficient (Wildman–Crippen LogP) is 5.13. The maximum Gasteiger partial charge on any atom is 0.251 e. The Balaban J connectivity index is 1.67. The molecule has 0 saturated heterocycles. The normalized spacial score (nSPS) is 10.7. The van der Waals surface area contributed by atoms with E-state index < -0.39 is 0 Å². The van der Waals surface area contributed by atoms with E-state index in [2.05, 4.69) is 22.1 Å². The smallest absolute Gasteiger partial charge is 0.251 e. The maximum atomic E-state index is 13.0. The zero-order chi connectivity index (χ0) is 20.8. The van der Waals surface area contributed by atoms with Crippen molar-refractivity contribution in [2.45, 2.75) is 24.0 Å². The lowest BCUT2D eigenvalue weighted by atomic mass is 10.2. The zero-order valence-electron chi connectivity index (χ0n) is 15.2. The van der Waals surface area contributed by atoms with Crippen molar-refractivity contribution < 1.29 is 9.18 Å². The van der Waals surface area contributed by atoms with Gasteiger partial charge in [0.2, 0.25) is 0 Å². The number of hydrogen-bond acceptors (Lipinski definition) is 4. The van der Waals surface area contributed by atoms with Gasteiger partial charge in [-0.1, -0.05) is 53.2 Å². The topological polar surface area (TPSA) is 59.8 Å². The molecule has 1 aromatic heterocycles. The first-order valence-corrected chi connectivity index (χ1v) is 10.4. The van der Waals surface area contributed by atoms with Crippen LogP contribution in [-0.4, -0.2) is 20.7 Å². The third kappa shape index (κ3) is 5.59. The van der Waals surface area contributed by atoms with Gasteiger partial charge >= 0.3 is 0 Å². The highest BCUT2D eigenvalue weighted by Crippen LogP contribution is 2.24. The lowest BCUT2D eigenvalue weighted by Gasteiger charge is -2.09. The molecule has 150 valence electrons. The van der Waals surface area contributed by atoms with E-state index in [4.69, 9.17) is 23.2 Å². The van der Waals surface area contributed by atoms with E-state index in [0.29, 0.717) is 38.9 Å². The van der Waals surface area contributed by atoms with Gasteiger partial charge < -0.3 is 9.88 Å². The molecule has 29 heavy (non-hydrogen) atoms. The third-order valence-electron chi connectivity index (χ3n) is 3.98. The number of carbonyl (C=O) groups is 1. The highest BCUT2D eigenvalue weighted by atomic mass is 35.5. The fraction of sp³-hybridized carbons (Fsp3) is 0.150. The fourth-order valence-electron chi connectivity index (χ4n) is 2.50. The van der Waals surface area contributed by atoms with Gasteiger partial charge in [0.1, 0.15) is 5.82 Å². The first-order valence-electron chi connectivity index (χ1n) is 8.61. The highest BCUT2D eigenvalue weighted by Gasteiger charge is 2.14. The van der Waals surface area contributed by atoms with Crippen LogP contribution >= 0.6 is 35.0 Å². The van der Waals surface area contributed by atoms with E-state index in [1.54, 1.807) is 30.3 Å². The second kappa shape index (κ2) is 9.91. The number of allylic oxidation sites excluding steroid dienone is 1. The van der Waals surface area contributed by atoms with Crippen LogP contribution in [-0.2, 0) is 18.8 Å². The molecule has 0 bridgehead atoms. The Morgan fingerprint density at radius 2 is 1.93 bits per heavy atom. The molecular weight excluding hydrogens is 434 g/mol. The molecule has 1 N–H and O–H groups in total. The van der Waals surface area contributed by atoms with Crippen molar-refractivity contribution in [2.75, 3.05) is 0 Å². The number of hydrogen-bond donors (Lipinski definition) is 1. The maximum absolute atomic E-state index is 13.0. The van der Waals surface area contributed by atoms with Crippen LogP contribution in [0, 0.1) is 5.82 Å². The number of rotatable bonds is 8. The Kier molecular flexibility index (Phi) is 7.30. The average molecular weight is 451 g/mol. The van der Waals surface area contributed by atoms with Gasteiger partial charge in [-0.3, -0.25) is 4.79 Å². The van der Waals surface area contributed by atoms with Crippen LogP contribution in [0.2, 0.25) is 10.0 Å². The molecule has 3 aromatic rings. The molecule has 0 fully saturated rings. The minimum Gasteiger partial charge on any atom is -0.345 e. The molecule has 5 nitrogen and oxygen atoms in total. The number of aromatic nitrogens is 3. The summed E-state index contributed by atoms with van der Waals surface area (Å²) in [5, 5.41) is 12.6. The first kappa shape index (κ1) is 21.4. The summed E-state index contributed by atoms with van der Waals surface area (Å²) in [6.45, 7) is 4.45. The first-order chi connectivity index (χ1) is 14.0. The summed E-state index contributed by atoms with van der Waals surface area (Å²) in [4.78, 5) is 12.4. The van der Waals surface area contributed by atoms with E-state index in [0.717, 1.165) is 5.56 Å². The Bertz CT molecular complexity index is 1020. The van der Waals surface area contributed by atoms with E-state index in [1.165, 1.54) is 30.0 Å². The molecule has 1 amide bonds. The van der Waals surface area contributed by atoms with Crippen molar-refractivity contribution in [3.05, 3.63) is 87.9 Å². The molecular formula is C20H17Cl2FN4OS. The monoisotopic (exact) mass is 450 g/mol. The summed E-state index contributed by atoms with van der Waals surface area (Å²) in [6, 6.07) is 11.0. The lowest BCUT2D eigenvalue weighted by Crippen LogP contribution is -2.24. The molecule has 0 radical (unpaired) electrons. The van der Waals surface area contributed by atoms with E-state index >= 15 is 0 Å². The second-order valence-electron chi connectivity index (χ2n) is 6.02. The van der Waals surface area contributed by atoms with Crippen molar-refractivity contribution in [1.29, 1.82) is 0 Å². The number of thioether (sulfide) groups is 1. The van der Waals surface area contributed by atoms with Gasteiger partial charge in [0.15, 0.2) is 11.0 Å². The van der Waals surface area contributed by atoms with Crippen LogP contribution in [0.1, 0.15) is 21.7 Å². The van der Waals surface area contributed by atoms with E-state index in [1.807, 2.05) is 4.57 Å². The molecule has 0 aliphatic heterocycles. The van der Waals surface area contributed by atoms with Gasteiger partial charge in [-0.25, -0.2) is 4.39 Å². The van der Waals surface area contributed by atoms with Gasteiger partial charge in [-0.15, -0.1) is 16.8 Å². The summed E-state index contributed by atoms with van der Waals surface area (Å²) >= 11 is 13.3. The van der Waals surface area contributed by atoms with Crippen LogP contribution in [0.15, 0.2) is 60.3 Å². The van der Waals surface area contributed by atoms with Gasteiger partial charge in [-0.2, -0.15) is 0 Å². The predicted molar refractivity (Wildman–Crippen MR) is 114 cm³/mol. The second-order valence-corrected chi connectivity index (χ2v) is 7.78. The number of carbonyl (C=O) groups excluding carboxylic acids is 1. The van der Waals surface area contributed by atoms with Gasteiger partial charge in [0.25, 0.3) is 5.91 Å². The quantitative estimate of drug-likeness (QED) is 0.381. The summed E-state index contributed by atoms with van der Waals surface area (Å²) in [5.74, 6) is 0.649. The molecule has 0 aliphatic carbocycles. The highest BCUT2D eigenvalue weighted by molar-refractivity contribution is 7.98. The molecule has 0 atom stereocenters. The number of halogens is 3. The van der Waals surface area contributed by atoms with Crippen LogP contribution in [0.25, 0.3) is 0 Å². The van der Waals surface area contributed by atoms with Crippen LogP contribution in [0.4, 0.5) is 4.39 Å². The summed E-state index contributed by atoms with van der Waals surface area (Å²) in [6.07, 6.45) is 1.73. The molecule has 3 rings (SSSR count). The van der Waals surface area contributed by atoms with Crippen LogP contribution in [0.5, 0.6) is 0 Å². The number of amides is 1. The number of nitrogens with one attached hydrogen (secondary N) is 1. The van der Waals surface area contributed by atoms with Gasteiger partial charge in [0, 0.05) is 17.9 Å². The molecule has 1 heterocycles. The fourth-order valence-corrected chi connectivity index (χ4v) is 3.72. The minimum atomic E-state index is -0.294. The minimum absolute atomic E-state index is 0.191. The molecule has 0 saturated carbocycles. The SMILES string of the molecule is C=CCn1c(CNC(=O)c2ccc(Cl)c(Cl)c2)nnc1SCc1ccc(F)cc1. The Hall–Kier alpha value is -2.35. The molecule has 9 heteroatoms. The Morgan fingerprint density at radius 1 is 1.17 bits per heavy atom. The summed E-state index contributed by atoms with van der Waals surface area (Å²) < 4.78 is 14.9. The van der Waals surface area contributed by atoms with E-state index in [9.17, 15) is 9.18 Å². The van der Waals surface area contributed by atoms with Crippen molar-refractivity contribution in [3.8, 4) is 0 Å². The van der Waals surface area contributed by atoms with Crippen molar-refractivity contribution >= 4 is 40.9 Å². The van der Waals surface area contributed by atoms with Crippen molar-refractivity contribution in [3.63, 3.8) is 0 Å². The van der Waals surface area contributed by atoms with Crippen molar-refractivity contribution in [2.24, 2.45) is 0 Å². The molecule has 2 aromatic carbocycles. The average Bonchev–Trinajstić information content (AvgIpc) is 3.10. The van der Waals surface area contributed by atoms with Crippen molar-refractivity contribution in [1.82, 2.24) is 20.1 Å². The van der Waals surface area contributed by atoms with E-state index in [-0.39, 0.29) is 18.3 Å². The summed E-state index contributed by atoms with van der Waals surface area (Å²) in [5.41, 5.74) is 1.37. The Labute approximate surface area is 181 Å². The molecule has 0 aliphatic rings. The summed E-state index contributed by atoms with van der Waals surface area (Å²) in [7, 11) is 0. The zero-order valence-corrected chi connectivity index (χ0v) is 17.6. The third-order valence-corrected chi connectivity index (χ3v) is 5.75. The molecule has 0 spiro atoms. The number of nitrogens with zero attached hydrogens (tertiary/aromatic N) is 3. The number of benzene rings is 2. The standard InChI is InChI=1S/C20H17Cl2FN4OS/c1-2-9-27-18(11-24-19(28)14-5-8-16(21)17(22)10-14)25-26-20(27)29-12-13-3-6-15(23)7-4-13/h2-8,10H,1,9,11-12H2,(H,24,28).